The summed E-state index contributed by atoms with van der Waals surface area (Å²) in [5.74, 6) is 2.49. The van der Waals surface area contributed by atoms with Gasteiger partial charge in [0.15, 0.2) is 5.65 Å². The van der Waals surface area contributed by atoms with Crippen LogP contribution in [0.5, 0.6) is 0 Å². The monoisotopic (exact) mass is 313 g/mol. The first-order valence-electron chi connectivity index (χ1n) is 9.03. The number of hydrogen-bond donors (Lipinski definition) is 2. The molecule has 0 amide bonds. The molecule has 2 aromatic rings. The molecule has 5 heteroatoms. The smallest absolute Gasteiger partial charge is 0.160 e. The van der Waals surface area contributed by atoms with Crippen LogP contribution in [-0.4, -0.2) is 26.7 Å². The Labute approximate surface area is 137 Å². The van der Waals surface area contributed by atoms with Crippen LogP contribution in [0.1, 0.15) is 62.6 Å². The highest BCUT2D eigenvalue weighted by molar-refractivity contribution is 5.54. The fourth-order valence-corrected chi connectivity index (χ4v) is 4.02. The number of aryl methyl sites for hydroxylation is 1. The molecule has 2 fully saturated rings. The number of nitrogens with two attached hydrogens (primary N) is 1. The van der Waals surface area contributed by atoms with Crippen molar-refractivity contribution in [1.29, 1.82) is 0 Å². The van der Waals surface area contributed by atoms with Crippen LogP contribution >= 0.6 is 0 Å². The largest absolute Gasteiger partial charge is 0.367 e. The van der Waals surface area contributed by atoms with Crippen LogP contribution in [0.15, 0.2) is 12.3 Å². The quantitative estimate of drug-likeness (QED) is 0.889. The van der Waals surface area contributed by atoms with Gasteiger partial charge in [-0.15, -0.1) is 0 Å². The van der Waals surface area contributed by atoms with Crippen molar-refractivity contribution in [1.82, 2.24) is 14.6 Å². The second kappa shape index (κ2) is 5.78. The summed E-state index contributed by atoms with van der Waals surface area (Å²) in [6, 6.07) is 3.02. The first kappa shape index (κ1) is 14.9. The maximum atomic E-state index is 6.07. The van der Waals surface area contributed by atoms with E-state index in [1.165, 1.54) is 18.5 Å². The maximum absolute atomic E-state index is 6.07. The van der Waals surface area contributed by atoms with Gasteiger partial charge in [0.25, 0.3) is 0 Å². The van der Waals surface area contributed by atoms with Gasteiger partial charge in [-0.3, -0.25) is 0 Å². The molecule has 5 nitrogen and oxygen atoms in total. The molecular weight excluding hydrogens is 286 g/mol. The molecular formula is C18H27N5. The Morgan fingerprint density at radius 1 is 1.35 bits per heavy atom. The Morgan fingerprint density at radius 2 is 2.17 bits per heavy atom. The third kappa shape index (κ3) is 2.82. The lowest BCUT2D eigenvalue weighted by Crippen LogP contribution is -2.22. The van der Waals surface area contributed by atoms with Gasteiger partial charge in [-0.2, -0.15) is 9.61 Å². The molecule has 3 unspecified atom stereocenters. The van der Waals surface area contributed by atoms with Crippen molar-refractivity contribution in [2.75, 3.05) is 5.32 Å². The van der Waals surface area contributed by atoms with Gasteiger partial charge >= 0.3 is 0 Å². The maximum Gasteiger partial charge on any atom is 0.160 e. The van der Waals surface area contributed by atoms with Crippen LogP contribution in [0.2, 0.25) is 0 Å². The number of rotatable bonds is 5. The number of hydrogen-bond acceptors (Lipinski definition) is 4. The van der Waals surface area contributed by atoms with Crippen molar-refractivity contribution in [2.24, 2.45) is 11.7 Å². The van der Waals surface area contributed by atoms with Crippen molar-refractivity contribution in [3.8, 4) is 0 Å². The molecule has 4 rings (SSSR count). The minimum atomic E-state index is 0.332. The Kier molecular flexibility index (Phi) is 3.76. The van der Waals surface area contributed by atoms with E-state index in [1.807, 2.05) is 10.7 Å². The van der Waals surface area contributed by atoms with Gasteiger partial charge in [-0.05, 0) is 51.4 Å². The highest BCUT2D eigenvalue weighted by atomic mass is 15.3. The molecule has 3 atom stereocenters. The van der Waals surface area contributed by atoms with Gasteiger partial charge in [-0.1, -0.05) is 6.92 Å². The van der Waals surface area contributed by atoms with E-state index in [0.717, 1.165) is 48.6 Å². The van der Waals surface area contributed by atoms with Crippen molar-refractivity contribution >= 4 is 11.5 Å². The van der Waals surface area contributed by atoms with Gasteiger partial charge in [-0.25, -0.2) is 4.98 Å². The number of nitrogens with one attached hydrogen (secondary N) is 1. The molecule has 2 aliphatic rings. The number of fused-ring (bicyclic) bond motifs is 1. The van der Waals surface area contributed by atoms with Crippen LogP contribution in [0, 0.1) is 12.8 Å². The zero-order valence-corrected chi connectivity index (χ0v) is 14.1. The zero-order chi connectivity index (χ0) is 16.0. The van der Waals surface area contributed by atoms with E-state index < -0.39 is 0 Å². The topological polar surface area (TPSA) is 68.2 Å². The fourth-order valence-electron chi connectivity index (χ4n) is 4.02. The number of aromatic nitrogens is 3. The summed E-state index contributed by atoms with van der Waals surface area (Å²) < 4.78 is 1.96. The van der Waals surface area contributed by atoms with Crippen molar-refractivity contribution < 1.29 is 0 Å². The van der Waals surface area contributed by atoms with E-state index in [0.29, 0.717) is 18.0 Å². The predicted octanol–water partition coefficient (Wildman–Crippen LogP) is 3.23. The molecule has 2 saturated carbocycles. The summed E-state index contributed by atoms with van der Waals surface area (Å²) in [4.78, 5) is 4.95. The molecule has 0 aromatic carbocycles. The van der Waals surface area contributed by atoms with Gasteiger partial charge < -0.3 is 11.1 Å². The average Bonchev–Trinajstić information content (AvgIpc) is 3.18. The molecule has 0 aliphatic heterocycles. The Morgan fingerprint density at radius 3 is 2.83 bits per heavy atom. The van der Waals surface area contributed by atoms with Gasteiger partial charge in [0.2, 0.25) is 0 Å². The summed E-state index contributed by atoms with van der Waals surface area (Å²) in [5.41, 5.74) is 9.44. The molecule has 0 bridgehead atoms. The lowest BCUT2D eigenvalue weighted by molar-refractivity contribution is 0.570. The second-order valence-electron chi connectivity index (χ2n) is 7.40. The second-order valence-corrected chi connectivity index (χ2v) is 7.40. The summed E-state index contributed by atoms with van der Waals surface area (Å²) in [6.07, 6.45) is 9.06. The first-order chi connectivity index (χ1) is 11.2. The van der Waals surface area contributed by atoms with Crippen molar-refractivity contribution in [2.45, 2.75) is 70.4 Å². The Hall–Kier alpha value is -1.62. The normalized spacial score (nSPS) is 25.9. The van der Waals surface area contributed by atoms with E-state index in [4.69, 9.17) is 10.7 Å². The molecule has 0 spiro atoms. The summed E-state index contributed by atoms with van der Waals surface area (Å²) in [7, 11) is 0. The van der Waals surface area contributed by atoms with E-state index in [-0.39, 0.29) is 0 Å². The molecule has 0 radical (unpaired) electrons. The fraction of sp³-hybridized carbons (Fsp3) is 0.667. The molecule has 124 valence electrons. The highest BCUT2D eigenvalue weighted by Gasteiger charge is 2.33. The molecule has 0 saturated heterocycles. The third-order valence-electron chi connectivity index (χ3n) is 5.50. The summed E-state index contributed by atoms with van der Waals surface area (Å²) in [6.45, 7) is 4.37. The Bertz CT molecular complexity index is 703. The SMILES string of the molecule is CCC(c1cc(NC2CCC(N)C2)n2ncc(C)c2n1)C1CC1. The van der Waals surface area contributed by atoms with Crippen LogP contribution in [0.4, 0.5) is 5.82 Å². The molecule has 2 aromatic heterocycles. The lowest BCUT2D eigenvalue weighted by atomic mass is 9.96. The third-order valence-corrected chi connectivity index (χ3v) is 5.50. The minimum absolute atomic E-state index is 0.332. The molecule has 2 aliphatic carbocycles. The van der Waals surface area contributed by atoms with Gasteiger partial charge in [0.1, 0.15) is 5.82 Å². The summed E-state index contributed by atoms with van der Waals surface area (Å²) in [5, 5.41) is 8.21. The van der Waals surface area contributed by atoms with Crippen LogP contribution in [-0.2, 0) is 0 Å². The molecule has 2 heterocycles. The van der Waals surface area contributed by atoms with E-state index in [1.54, 1.807) is 0 Å². The lowest BCUT2D eigenvalue weighted by Gasteiger charge is -2.19. The molecule has 23 heavy (non-hydrogen) atoms. The van der Waals surface area contributed by atoms with Crippen LogP contribution in [0.3, 0.4) is 0 Å². The van der Waals surface area contributed by atoms with E-state index in [9.17, 15) is 0 Å². The van der Waals surface area contributed by atoms with Crippen molar-refractivity contribution in [3.63, 3.8) is 0 Å². The first-order valence-corrected chi connectivity index (χ1v) is 9.03. The Balaban J connectivity index is 1.72. The van der Waals surface area contributed by atoms with Crippen molar-refractivity contribution in [3.05, 3.63) is 23.5 Å². The van der Waals surface area contributed by atoms with E-state index in [2.05, 4.69) is 30.3 Å². The summed E-state index contributed by atoms with van der Waals surface area (Å²) >= 11 is 0. The standard InChI is InChI=1S/C18H27N5/c1-3-15(12-4-5-12)16-9-17(21-14-7-6-13(19)8-14)23-18(22-16)11(2)10-20-23/h9-10,12-15,21H,3-8,19H2,1-2H3. The van der Waals surface area contributed by atoms with Gasteiger partial charge in [0, 0.05) is 35.3 Å². The zero-order valence-electron chi connectivity index (χ0n) is 14.1. The highest BCUT2D eigenvalue weighted by Crippen LogP contribution is 2.44. The van der Waals surface area contributed by atoms with E-state index >= 15 is 0 Å². The average molecular weight is 313 g/mol. The molecule has 3 N–H and O–H groups in total. The van der Waals surface area contributed by atoms with Crippen LogP contribution in [0.25, 0.3) is 5.65 Å². The predicted molar refractivity (Wildman–Crippen MR) is 92.7 cm³/mol. The number of nitrogens with zero attached hydrogens (tertiary/aromatic N) is 3. The minimum Gasteiger partial charge on any atom is -0.367 e. The van der Waals surface area contributed by atoms with Crippen LogP contribution < -0.4 is 11.1 Å². The van der Waals surface area contributed by atoms with Gasteiger partial charge in [0.05, 0.1) is 6.20 Å². The number of anilines is 1.